The molecule has 0 bridgehead atoms. The van der Waals surface area contributed by atoms with Crippen LogP contribution in [0.25, 0.3) is 0 Å². The second-order valence-electron chi connectivity index (χ2n) is 7.88. The van der Waals surface area contributed by atoms with E-state index < -0.39 is 12.1 Å². The van der Waals surface area contributed by atoms with Crippen LogP contribution < -0.4 is 20.1 Å². The number of benzene rings is 1. The second kappa shape index (κ2) is 8.92. The summed E-state index contributed by atoms with van der Waals surface area (Å²) in [5, 5.41) is 7.44. The van der Waals surface area contributed by atoms with Crippen LogP contribution >= 0.6 is 11.3 Å². The van der Waals surface area contributed by atoms with Crippen LogP contribution in [-0.4, -0.2) is 36.5 Å². The summed E-state index contributed by atoms with van der Waals surface area (Å²) < 4.78 is 16.3. The Morgan fingerprint density at radius 1 is 1.24 bits per heavy atom. The predicted molar refractivity (Wildman–Crippen MR) is 124 cm³/mol. The number of ether oxygens (including phenoxy) is 2. The first kappa shape index (κ1) is 21.5. The van der Waals surface area contributed by atoms with Gasteiger partial charge in [-0.1, -0.05) is 13.0 Å². The van der Waals surface area contributed by atoms with Gasteiger partial charge in [-0.25, -0.2) is 4.79 Å². The van der Waals surface area contributed by atoms with Gasteiger partial charge < -0.3 is 24.5 Å². The quantitative estimate of drug-likeness (QED) is 0.415. The van der Waals surface area contributed by atoms with Gasteiger partial charge in [0.05, 0.1) is 18.4 Å². The van der Waals surface area contributed by atoms with E-state index in [2.05, 4.69) is 22.5 Å². The van der Waals surface area contributed by atoms with Crippen molar-refractivity contribution in [2.24, 2.45) is 0 Å². The number of fused-ring (bicyclic) bond motifs is 3. The highest BCUT2D eigenvalue weighted by molar-refractivity contribution is 7.16. The summed E-state index contributed by atoms with van der Waals surface area (Å²) in [6.45, 7) is 7.27. The van der Waals surface area contributed by atoms with Crippen molar-refractivity contribution in [1.82, 2.24) is 10.2 Å². The van der Waals surface area contributed by atoms with E-state index in [1.807, 2.05) is 13.0 Å². The molecule has 3 aromatic rings. The normalized spacial score (nSPS) is 17.5. The summed E-state index contributed by atoms with van der Waals surface area (Å²) in [7, 11) is 0. The first-order valence-corrected chi connectivity index (χ1v) is 11.9. The van der Waals surface area contributed by atoms with Crippen molar-refractivity contribution in [3.63, 3.8) is 0 Å². The molecule has 1 unspecified atom stereocenters. The monoisotopic (exact) mass is 467 g/mol. The van der Waals surface area contributed by atoms with Crippen molar-refractivity contribution in [1.29, 1.82) is 0 Å². The molecule has 2 aliphatic heterocycles. The zero-order valence-electron chi connectivity index (χ0n) is 18.5. The summed E-state index contributed by atoms with van der Waals surface area (Å²) in [5.41, 5.74) is 2.74. The van der Waals surface area contributed by atoms with E-state index in [4.69, 9.17) is 13.9 Å². The average Bonchev–Trinajstić information content (AvgIpc) is 3.48. The van der Waals surface area contributed by atoms with Crippen LogP contribution in [-0.2, 0) is 13.0 Å². The van der Waals surface area contributed by atoms with Crippen LogP contribution in [0.4, 0.5) is 5.00 Å². The van der Waals surface area contributed by atoms with Gasteiger partial charge in [0.15, 0.2) is 11.5 Å². The van der Waals surface area contributed by atoms with Gasteiger partial charge in [0.2, 0.25) is 5.76 Å². The molecule has 2 aromatic heterocycles. The zero-order chi connectivity index (χ0) is 22.9. The molecule has 4 heterocycles. The molecule has 0 aliphatic carbocycles. The minimum atomic E-state index is -0.604. The highest BCUT2D eigenvalue weighted by Crippen LogP contribution is 2.41. The molecule has 0 saturated carbocycles. The number of likely N-dealkylation sites (N-methyl/N-ethyl adjacent to an activating group) is 1. The van der Waals surface area contributed by atoms with Gasteiger partial charge in [0, 0.05) is 18.0 Å². The van der Waals surface area contributed by atoms with Gasteiger partial charge in [0.25, 0.3) is 5.91 Å². The van der Waals surface area contributed by atoms with Crippen molar-refractivity contribution in [3.05, 3.63) is 63.9 Å². The van der Waals surface area contributed by atoms with Crippen molar-refractivity contribution in [3.8, 4) is 11.5 Å². The molecule has 172 valence electrons. The molecule has 1 aromatic carbocycles. The molecule has 0 radical (unpaired) electrons. The second-order valence-corrected chi connectivity index (χ2v) is 8.99. The number of esters is 1. The minimum Gasteiger partial charge on any atom is -0.490 e. The van der Waals surface area contributed by atoms with Crippen LogP contribution in [0.15, 0.2) is 41.0 Å². The Morgan fingerprint density at radius 2 is 2.12 bits per heavy atom. The Bertz CT molecular complexity index is 1190. The molecular weight excluding hydrogens is 442 g/mol. The fourth-order valence-electron chi connectivity index (χ4n) is 4.21. The predicted octanol–water partition coefficient (Wildman–Crippen LogP) is 4.19. The lowest BCUT2D eigenvalue weighted by Gasteiger charge is -2.28. The Balaban J connectivity index is 1.40. The van der Waals surface area contributed by atoms with Crippen molar-refractivity contribution in [2.75, 3.05) is 25.0 Å². The topological polar surface area (TPSA) is 93.0 Å². The zero-order valence-corrected chi connectivity index (χ0v) is 19.3. The molecule has 1 amide bonds. The van der Waals surface area contributed by atoms with E-state index in [0.717, 1.165) is 42.2 Å². The number of anilines is 1. The Morgan fingerprint density at radius 3 is 2.88 bits per heavy atom. The third kappa shape index (κ3) is 4.09. The number of carbonyl (C=O) groups excluding carboxylic acids is 2. The van der Waals surface area contributed by atoms with Gasteiger partial charge in [-0.05, 0) is 55.3 Å². The number of furan rings is 1. The fraction of sp³-hybridized carbons (Fsp3) is 0.333. The van der Waals surface area contributed by atoms with Crippen molar-refractivity contribution >= 4 is 28.2 Å². The van der Waals surface area contributed by atoms with Crippen molar-refractivity contribution in [2.45, 2.75) is 33.0 Å². The number of hydrogen-bond acceptors (Lipinski definition) is 8. The molecule has 8 nitrogen and oxygen atoms in total. The van der Waals surface area contributed by atoms with Crippen LogP contribution in [0.2, 0.25) is 0 Å². The number of rotatable bonds is 6. The Kier molecular flexibility index (Phi) is 5.82. The third-order valence-corrected chi connectivity index (χ3v) is 7.04. The van der Waals surface area contributed by atoms with Gasteiger partial charge >= 0.3 is 5.97 Å². The maximum absolute atomic E-state index is 13.0. The number of hydrogen-bond donors (Lipinski definition) is 2. The largest absolute Gasteiger partial charge is 0.490 e. The highest BCUT2D eigenvalue weighted by atomic mass is 32.1. The number of nitrogens with one attached hydrogen (secondary N) is 2. The maximum Gasteiger partial charge on any atom is 0.379 e. The fourth-order valence-corrected chi connectivity index (χ4v) is 5.52. The first-order chi connectivity index (χ1) is 16.1. The van der Waals surface area contributed by atoms with Crippen LogP contribution in [0, 0.1) is 0 Å². The molecule has 0 saturated heterocycles. The van der Waals surface area contributed by atoms with E-state index in [9.17, 15) is 9.59 Å². The Hall–Kier alpha value is -3.30. The maximum atomic E-state index is 13.0. The third-order valence-electron chi connectivity index (χ3n) is 5.89. The highest BCUT2D eigenvalue weighted by Gasteiger charge is 2.33. The molecule has 0 fully saturated rings. The summed E-state index contributed by atoms with van der Waals surface area (Å²) in [4.78, 5) is 29.0. The number of thiophene rings is 1. The van der Waals surface area contributed by atoms with E-state index in [1.54, 1.807) is 29.5 Å². The minimum absolute atomic E-state index is 0.0671. The van der Waals surface area contributed by atoms with Crippen molar-refractivity contribution < 1.29 is 23.5 Å². The SMILES string of the molecule is CCOc1cc(C2NC(=O)c3c(sc4c3CCN(CC)C4)N2)ccc1OC(=O)c1ccco1. The lowest BCUT2D eigenvalue weighted by Crippen LogP contribution is -2.38. The van der Waals surface area contributed by atoms with Gasteiger partial charge in [-0.2, -0.15) is 0 Å². The first-order valence-electron chi connectivity index (χ1n) is 11.0. The summed E-state index contributed by atoms with van der Waals surface area (Å²) >= 11 is 1.66. The summed E-state index contributed by atoms with van der Waals surface area (Å²) in [5.74, 6) is 0.144. The molecule has 2 N–H and O–H groups in total. The molecular formula is C24H25N3O5S. The molecule has 9 heteroatoms. The summed E-state index contributed by atoms with van der Waals surface area (Å²) in [6, 6.07) is 8.42. The van der Waals surface area contributed by atoms with E-state index in [0.29, 0.717) is 12.4 Å². The van der Waals surface area contributed by atoms with Gasteiger partial charge in [-0.3, -0.25) is 9.69 Å². The summed E-state index contributed by atoms with van der Waals surface area (Å²) in [6.07, 6.45) is 1.89. The molecule has 2 aliphatic rings. The Labute approximate surface area is 195 Å². The number of nitrogens with zero attached hydrogens (tertiary/aromatic N) is 1. The van der Waals surface area contributed by atoms with Gasteiger partial charge in [0.1, 0.15) is 11.2 Å². The van der Waals surface area contributed by atoms with E-state index in [-0.39, 0.29) is 17.4 Å². The van der Waals surface area contributed by atoms with Crippen LogP contribution in [0.5, 0.6) is 11.5 Å². The van der Waals surface area contributed by atoms with Crippen LogP contribution in [0.1, 0.15) is 56.9 Å². The number of carbonyl (C=O) groups is 2. The standard InChI is InChI=1S/C24H25N3O5S/c1-3-27-10-9-15-19(13-27)33-23-20(15)22(28)25-21(26-23)14-7-8-16(18(12-14)30-4-2)32-24(29)17-6-5-11-31-17/h5-8,11-12,21,26H,3-4,9-10,13H2,1-2H3,(H,25,28). The number of amides is 1. The molecule has 5 rings (SSSR count). The lowest BCUT2D eigenvalue weighted by molar-refractivity contribution is 0.0695. The lowest BCUT2D eigenvalue weighted by atomic mass is 10.0. The van der Waals surface area contributed by atoms with E-state index in [1.165, 1.54) is 22.8 Å². The molecule has 33 heavy (non-hydrogen) atoms. The smallest absolute Gasteiger partial charge is 0.379 e. The van der Waals surface area contributed by atoms with E-state index >= 15 is 0 Å². The molecule has 0 spiro atoms. The average molecular weight is 468 g/mol. The molecule has 1 atom stereocenters. The van der Waals surface area contributed by atoms with Crippen LogP contribution in [0.3, 0.4) is 0 Å². The van der Waals surface area contributed by atoms with Gasteiger partial charge in [-0.15, -0.1) is 11.3 Å².